The Bertz CT molecular complexity index is 253. The van der Waals surface area contributed by atoms with Crippen molar-refractivity contribution in [2.45, 2.75) is 6.92 Å². The molecular weight excluding hydrogens is 168 g/mol. The second kappa shape index (κ2) is 5.37. The van der Waals surface area contributed by atoms with E-state index in [-0.39, 0.29) is 0 Å². The number of anilines is 1. The van der Waals surface area contributed by atoms with Gasteiger partial charge in [-0.25, -0.2) is 4.98 Å². The molecule has 0 spiro atoms. The van der Waals surface area contributed by atoms with Gasteiger partial charge in [-0.1, -0.05) is 0 Å². The third-order valence-corrected chi connectivity index (χ3v) is 1.47. The van der Waals surface area contributed by atoms with E-state index in [1.165, 1.54) is 0 Å². The number of hydrogen-bond donors (Lipinski definition) is 1. The van der Waals surface area contributed by atoms with Crippen molar-refractivity contribution >= 4 is 5.69 Å². The fraction of sp³-hybridized carbons (Fsp3) is 0.444. The minimum atomic E-state index is 0.474. The van der Waals surface area contributed by atoms with Crippen LogP contribution in [0.3, 0.4) is 0 Å². The van der Waals surface area contributed by atoms with Gasteiger partial charge in [-0.3, -0.25) is 0 Å². The lowest BCUT2D eigenvalue weighted by atomic mass is 10.4. The first-order valence-electron chi connectivity index (χ1n) is 4.25. The van der Waals surface area contributed by atoms with Crippen LogP contribution in [-0.2, 0) is 4.74 Å². The molecule has 4 nitrogen and oxygen atoms in total. The highest BCUT2D eigenvalue weighted by molar-refractivity contribution is 5.46. The van der Waals surface area contributed by atoms with Crippen molar-refractivity contribution in [3.63, 3.8) is 0 Å². The number of hydrogen-bond acceptors (Lipinski definition) is 4. The maximum Gasteiger partial charge on any atom is 0.237 e. The topological polar surface area (TPSA) is 57.4 Å². The Kier molecular flexibility index (Phi) is 4.05. The molecule has 0 radical (unpaired) electrons. The van der Waals surface area contributed by atoms with Gasteiger partial charge < -0.3 is 15.2 Å². The number of aromatic nitrogens is 1. The minimum absolute atomic E-state index is 0.474. The molecule has 13 heavy (non-hydrogen) atoms. The van der Waals surface area contributed by atoms with E-state index in [0.29, 0.717) is 31.4 Å². The van der Waals surface area contributed by atoms with Crippen LogP contribution in [0.5, 0.6) is 5.88 Å². The zero-order valence-corrected chi connectivity index (χ0v) is 7.69. The summed E-state index contributed by atoms with van der Waals surface area (Å²) in [6, 6.07) is 3.52. The largest absolute Gasteiger partial charge is 0.474 e. The standard InChI is InChI=1S/C9H14N2O2/c1-2-12-6-7-13-9-8(10)4-3-5-11-9/h3-5H,2,6-7,10H2,1H3. The lowest BCUT2D eigenvalue weighted by Gasteiger charge is -2.06. The number of ether oxygens (including phenoxy) is 2. The highest BCUT2D eigenvalue weighted by Crippen LogP contribution is 2.15. The van der Waals surface area contributed by atoms with Gasteiger partial charge >= 0.3 is 0 Å². The van der Waals surface area contributed by atoms with E-state index in [1.54, 1.807) is 18.3 Å². The average molecular weight is 182 g/mol. The van der Waals surface area contributed by atoms with Crippen LogP contribution in [0.2, 0.25) is 0 Å². The van der Waals surface area contributed by atoms with Crippen LogP contribution in [0, 0.1) is 0 Å². The molecule has 0 fully saturated rings. The van der Waals surface area contributed by atoms with Crippen LogP contribution in [0.1, 0.15) is 6.92 Å². The molecule has 0 aliphatic heterocycles. The van der Waals surface area contributed by atoms with Crippen molar-refractivity contribution in [3.8, 4) is 5.88 Å². The van der Waals surface area contributed by atoms with Crippen molar-refractivity contribution in [3.05, 3.63) is 18.3 Å². The molecule has 0 atom stereocenters. The number of pyridine rings is 1. The van der Waals surface area contributed by atoms with Gasteiger partial charge in [-0.2, -0.15) is 0 Å². The average Bonchev–Trinajstić information content (AvgIpc) is 2.15. The second-order valence-electron chi connectivity index (χ2n) is 2.44. The highest BCUT2D eigenvalue weighted by atomic mass is 16.5. The molecule has 0 saturated heterocycles. The molecule has 0 saturated carbocycles. The third kappa shape index (κ3) is 3.29. The summed E-state index contributed by atoms with van der Waals surface area (Å²) in [6.45, 7) is 3.68. The summed E-state index contributed by atoms with van der Waals surface area (Å²) in [4.78, 5) is 3.97. The lowest BCUT2D eigenvalue weighted by Crippen LogP contribution is -2.08. The number of nitrogens with zero attached hydrogens (tertiary/aromatic N) is 1. The van der Waals surface area contributed by atoms with Gasteiger partial charge in [0.15, 0.2) is 0 Å². The maximum atomic E-state index is 5.61. The van der Waals surface area contributed by atoms with Crippen LogP contribution < -0.4 is 10.5 Å². The normalized spacial score (nSPS) is 9.92. The van der Waals surface area contributed by atoms with Crippen LogP contribution in [0.4, 0.5) is 5.69 Å². The molecule has 0 aliphatic carbocycles. The molecule has 1 heterocycles. The van der Waals surface area contributed by atoms with E-state index in [1.807, 2.05) is 6.92 Å². The monoisotopic (exact) mass is 182 g/mol. The molecule has 0 amide bonds. The van der Waals surface area contributed by atoms with Crippen LogP contribution in [0.25, 0.3) is 0 Å². The number of rotatable bonds is 5. The van der Waals surface area contributed by atoms with Crippen molar-refractivity contribution in [1.29, 1.82) is 0 Å². The fourth-order valence-electron chi connectivity index (χ4n) is 0.865. The summed E-state index contributed by atoms with van der Waals surface area (Å²) in [5.74, 6) is 0.474. The number of nitrogen functional groups attached to an aromatic ring is 1. The van der Waals surface area contributed by atoms with Crippen molar-refractivity contribution < 1.29 is 9.47 Å². The Morgan fingerprint density at radius 3 is 3.00 bits per heavy atom. The smallest absolute Gasteiger partial charge is 0.237 e. The van der Waals surface area contributed by atoms with Gasteiger partial charge in [0.25, 0.3) is 0 Å². The van der Waals surface area contributed by atoms with E-state index >= 15 is 0 Å². The predicted octanol–water partition coefficient (Wildman–Crippen LogP) is 1.08. The molecule has 2 N–H and O–H groups in total. The quantitative estimate of drug-likeness (QED) is 0.692. The maximum absolute atomic E-state index is 5.61. The molecule has 0 aliphatic rings. The SMILES string of the molecule is CCOCCOc1ncccc1N. The summed E-state index contributed by atoms with van der Waals surface area (Å²) < 4.78 is 10.4. The van der Waals surface area contributed by atoms with Crippen molar-refractivity contribution in [1.82, 2.24) is 4.98 Å². The zero-order valence-electron chi connectivity index (χ0n) is 7.69. The van der Waals surface area contributed by atoms with Gasteiger partial charge in [-0.05, 0) is 19.1 Å². The molecule has 0 bridgehead atoms. The van der Waals surface area contributed by atoms with Crippen molar-refractivity contribution in [2.75, 3.05) is 25.6 Å². The molecule has 4 heteroatoms. The van der Waals surface area contributed by atoms with E-state index < -0.39 is 0 Å². The van der Waals surface area contributed by atoms with E-state index in [0.717, 1.165) is 0 Å². The van der Waals surface area contributed by atoms with Gasteiger partial charge in [0.2, 0.25) is 5.88 Å². The first-order chi connectivity index (χ1) is 6.34. The Balaban J connectivity index is 2.32. The molecule has 0 aromatic carbocycles. The second-order valence-corrected chi connectivity index (χ2v) is 2.44. The summed E-state index contributed by atoms with van der Waals surface area (Å²) in [5, 5.41) is 0. The van der Waals surface area contributed by atoms with Crippen LogP contribution >= 0.6 is 0 Å². The zero-order chi connectivity index (χ0) is 9.52. The Hall–Kier alpha value is -1.29. The first kappa shape index (κ1) is 9.80. The summed E-state index contributed by atoms with van der Waals surface area (Å²) in [5.41, 5.74) is 6.16. The van der Waals surface area contributed by atoms with E-state index in [2.05, 4.69) is 4.98 Å². The van der Waals surface area contributed by atoms with E-state index in [9.17, 15) is 0 Å². The van der Waals surface area contributed by atoms with E-state index in [4.69, 9.17) is 15.2 Å². The summed E-state index contributed by atoms with van der Waals surface area (Å²) in [7, 11) is 0. The molecule has 1 rings (SSSR count). The Morgan fingerprint density at radius 1 is 1.46 bits per heavy atom. The third-order valence-electron chi connectivity index (χ3n) is 1.47. The van der Waals surface area contributed by atoms with Crippen LogP contribution in [0.15, 0.2) is 18.3 Å². The molecular formula is C9H14N2O2. The highest BCUT2D eigenvalue weighted by Gasteiger charge is 1.98. The Morgan fingerprint density at radius 2 is 2.31 bits per heavy atom. The van der Waals surface area contributed by atoms with Crippen molar-refractivity contribution in [2.24, 2.45) is 0 Å². The summed E-state index contributed by atoms with van der Waals surface area (Å²) in [6.07, 6.45) is 1.65. The van der Waals surface area contributed by atoms with Gasteiger partial charge in [0.1, 0.15) is 6.61 Å². The predicted molar refractivity (Wildman–Crippen MR) is 50.6 cm³/mol. The van der Waals surface area contributed by atoms with Crippen LogP contribution in [-0.4, -0.2) is 24.8 Å². The summed E-state index contributed by atoms with van der Waals surface area (Å²) >= 11 is 0. The number of nitrogens with two attached hydrogens (primary N) is 1. The Labute approximate surface area is 77.7 Å². The molecule has 1 aromatic rings. The molecule has 0 unspecified atom stereocenters. The van der Waals surface area contributed by atoms with Gasteiger partial charge in [-0.15, -0.1) is 0 Å². The first-order valence-corrected chi connectivity index (χ1v) is 4.25. The molecule has 1 aromatic heterocycles. The fourth-order valence-corrected chi connectivity index (χ4v) is 0.865. The van der Waals surface area contributed by atoms with Gasteiger partial charge in [0.05, 0.1) is 12.3 Å². The lowest BCUT2D eigenvalue weighted by molar-refractivity contribution is 0.109. The molecule has 72 valence electrons. The minimum Gasteiger partial charge on any atom is -0.474 e. The van der Waals surface area contributed by atoms with Gasteiger partial charge in [0, 0.05) is 12.8 Å².